The minimum atomic E-state index is -0.381. The molecule has 1 aliphatic heterocycles. The van der Waals surface area contributed by atoms with Gasteiger partial charge < -0.3 is 15.0 Å². The summed E-state index contributed by atoms with van der Waals surface area (Å²) in [4.78, 5) is 21.6. The largest absolute Gasteiger partial charge is 0.382 e. The van der Waals surface area contributed by atoms with E-state index in [9.17, 15) is 10.1 Å². The Labute approximate surface area is 158 Å². The molecule has 1 aromatic carbocycles. The van der Waals surface area contributed by atoms with Crippen LogP contribution < -0.4 is 10.2 Å². The number of methoxy groups -OCH3 is 1. The van der Waals surface area contributed by atoms with Crippen molar-refractivity contribution in [1.82, 2.24) is 9.97 Å². The van der Waals surface area contributed by atoms with Crippen molar-refractivity contribution in [3.63, 3.8) is 0 Å². The SMILES string of the molecule is CCc1cc(N2CCC(Nc3ccc([N+](=O)[O-])cc3COC)CC2)ncn1. The van der Waals surface area contributed by atoms with Crippen LogP contribution in [0.3, 0.4) is 0 Å². The summed E-state index contributed by atoms with van der Waals surface area (Å²) in [5.74, 6) is 0.982. The van der Waals surface area contributed by atoms with Crippen molar-refractivity contribution < 1.29 is 9.66 Å². The molecule has 1 aliphatic rings. The number of piperidine rings is 1. The van der Waals surface area contributed by atoms with Crippen LogP contribution in [0.15, 0.2) is 30.6 Å². The summed E-state index contributed by atoms with van der Waals surface area (Å²) in [6, 6.07) is 7.25. The van der Waals surface area contributed by atoms with Gasteiger partial charge in [-0.2, -0.15) is 0 Å². The molecule has 1 fully saturated rings. The van der Waals surface area contributed by atoms with Gasteiger partial charge in [0.15, 0.2) is 0 Å². The van der Waals surface area contributed by atoms with Gasteiger partial charge in [0.1, 0.15) is 12.1 Å². The number of anilines is 2. The van der Waals surface area contributed by atoms with Gasteiger partial charge in [0.2, 0.25) is 0 Å². The van der Waals surface area contributed by atoms with Gasteiger partial charge in [-0.15, -0.1) is 0 Å². The Hall–Kier alpha value is -2.74. The van der Waals surface area contributed by atoms with E-state index >= 15 is 0 Å². The maximum atomic E-state index is 11.0. The minimum Gasteiger partial charge on any atom is -0.382 e. The van der Waals surface area contributed by atoms with E-state index in [2.05, 4.69) is 33.2 Å². The fourth-order valence-corrected chi connectivity index (χ4v) is 3.33. The Kier molecular flexibility index (Phi) is 6.18. The third-order valence-corrected chi connectivity index (χ3v) is 4.85. The molecule has 3 rings (SSSR count). The van der Waals surface area contributed by atoms with Crippen LogP contribution in [0.2, 0.25) is 0 Å². The Balaban J connectivity index is 1.64. The molecular weight excluding hydrogens is 346 g/mol. The summed E-state index contributed by atoms with van der Waals surface area (Å²) in [7, 11) is 1.59. The van der Waals surface area contributed by atoms with E-state index in [1.165, 1.54) is 6.07 Å². The van der Waals surface area contributed by atoms with Gasteiger partial charge in [-0.25, -0.2) is 9.97 Å². The molecule has 8 nitrogen and oxygen atoms in total. The van der Waals surface area contributed by atoms with Crippen molar-refractivity contribution in [2.45, 2.75) is 38.8 Å². The molecule has 0 spiro atoms. The summed E-state index contributed by atoms with van der Waals surface area (Å²) in [6.07, 6.45) is 4.46. The van der Waals surface area contributed by atoms with Gasteiger partial charge in [-0.1, -0.05) is 6.92 Å². The first-order valence-corrected chi connectivity index (χ1v) is 9.19. The summed E-state index contributed by atoms with van der Waals surface area (Å²) < 4.78 is 5.20. The van der Waals surface area contributed by atoms with Crippen LogP contribution in [0, 0.1) is 10.1 Å². The fraction of sp³-hybridized carbons (Fsp3) is 0.474. The lowest BCUT2D eigenvalue weighted by Crippen LogP contribution is -2.39. The highest BCUT2D eigenvalue weighted by Crippen LogP contribution is 2.26. The van der Waals surface area contributed by atoms with Gasteiger partial charge in [0.05, 0.1) is 11.5 Å². The molecule has 8 heteroatoms. The molecule has 0 atom stereocenters. The van der Waals surface area contributed by atoms with Gasteiger partial charge in [-0.3, -0.25) is 10.1 Å². The monoisotopic (exact) mass is 371 g/mol. The quantitative estimate of drug-likeness (QED) is 0.590. The number of hydrogen-bond acceptors (Lipinski definition) is 7. The molecular formula is C19H25N5O3. The lowest BCUT2D eigenvalue weighted by molar-refractivity contribution is -0.384. The van der Waals surface area contributed by atoms with Crippen molar-refractivity contribution in [1.29, 1.82) is 0 Å². The van der Waals surface area contributed by atoms with Crippen LogP contribution in [-0.2, 0) is 17.8 Å². The summed E-state index contributed by atoms with van der Waals surface area (Å²) in [5.41, 5.74) is 2.84. The Morgan fingerprint density at radius 1 is 1.30 bits per heavy atom. The predicted octanol–water partition coefficient (Wildman–Crippen LogP) is 3.17. The summed E-state index contributed by atoms with van der Waals surface area (Å²) in [5, 5.41) is 14.5. The standard InChI is InChI=1S/C19H25N5O3/c1-3-15-11-19(21-13-20-15)23-8-6-16(7-9-23)22-18-5-4-17(24(25)26)10-14(18)12-27-2/h4-5,10-11,13,16,22H,3,6-9,12H2,1-2H3. The van der Waals surface area contributed by atoms with Gasteiger partial charge >= 0.3 is 0 Å². The van der Waals surface area contributed by atoms with E-state index in [4.69, 9.17) is 4.74 Å². The van der Waals surface area contributed by atoms with Crippen LogP contribution in [-0.4, -0.2) is 41.1 Å². The van der Waals surface area contributed by atoms with Gasteiger partial charge in [-0.05, 0) is 25.3 Å². The number of non-ortho nitro benzene ring substituents is 1. The molecule has 27 heavy (non-hydrogen) atoms. The molecule has 0 unspecified atom stereocenters. The molecule has 1 N–H and O–H groups in total. The summed E-state index contributed by atoms with van der Waals surface area (Å²) in [6.45, 7) is 4.24. The second-order valence-corrected chi connectivity index (χ2v) is 6.66. The number of benzene rings is 1. The highest BCUT2D eigenvalue weighted by Gasteiger charge is 2.21. The molecule has 2 aromatic rings. The zero-order valence-electron chi connectivity index (χ0n) is 15.7. The highest BCUT2D eigenvalue weighted by atomic mass is 16.6. The molecule has 0 amide bonds. The Morgan fingerprint density at radius 2 is 2.07 bits per heavy atom. The number of nitro benzene ring substituents is 1. The number of nitrogens with one attached hydrogen (secondary N) is 1. The smallest absolute Gasteiger partial charge is 0.269 e. The molecule has 0 radical (unpaired) electrons. The molecule has 0 saturated carbocycles. The molecule has 1 saturated heterocycles. The Bertz CT molecular complexity index is 791. The fourth-order valence-electron chi connectivity index (χ4n) is 3.33. The van der Waals surface area contributed by atoms with Crippen LogP contribution in [0.5, 0.6) is 0 Å². The zero-order valence-corrected chi connectivity index (χ0v) is 15.7. The van der Waals surface area contributed by atoms with E-state index < -0.39 is 0 Å². The number of aryl methyl sites for hydroxylation is 1. The average Bonchev–Trinajstić information content (AvgIpc) is 2.70. The lowest BCUT2D eigenvalue weighted by Gasteiger charge is -2.34. The highest BCUT2D eigenvalue weighted by molar-refractivity contribution is 5.56. The van der Waals surface area contributed by atoms with Crippen LogP contribution in [0.1, 0.15) is 31.0 Å². The third kappa shape index (κ3) is 4.71. The van der Waals surface area contributed by atoms with Crippen molar-refractivity contribution in [2.75, 3.05) is 30.4 Å². The topological polar surface area (TPSA) is 93.4 Å². The molecule has 2 heterocycles. The summed E-state index contributed by atoms with van der Waals surface area (Å²) >= 11 is 0. The van der Waals surface area contributed by atoms with Crippen molar-refractivity contribution in [2.24, 2.45) is 0 Å². The van der Waals surface area contributed by atoms with Gasteiger partial charge in [0, 0.05) is 61.4 Å². The first-order chi connectivity index (χ1) is 13.1. The number of aromatic nitrogens is 2. The maximum absolute atomic E-state index is 11.0. The number of nitrogens with zero attached hydrogens (tertiary/aromatic N) is 4. The Morgan fingerprint density at radius 3 is 2.74 bits per heavy atom. The van der Waals surface area contributed by atoms with E-state index in [1.54, 1.807) is 25.6 Å². The lowest BCUT2D eigenvalue weighted by atomic mass is 10.0. The first kappa shape index (κ1) is 19.0. The second-order valence-electron chi connectivity index (χ2n) is 6.66. The number of nitro groups is 1. The minimum absolute atomic E-state index is 0.0814. The van der Waals surface area contributed by atoms with Crippen LogP contribution in [0.25, 0.3) is 0 Å². The van der Waals surface area contributed by atoms with E-state index in [-0.39, 0.29) is 10.6 Å². The van der Waals surface area contributed by atoms with E-state index in [0.29, 0.717) is 12.6 Å². The molecule has 1 aromatic heterocycles. The predicted molar refractivity (Wildman–Crippen MR) is 104 cm³/mol. The van der Waals surface area contributed by atoms with Crippen molar-refractivity contribution in [3.8, 4) is 0 Å². The van der Waals surface area contributed by atoms with Gasteiger partial charge in [0.25, 0.3) is 5.69 Å². The van der Waals surface area contributed by atoms with Crippen molar-refractivity contribution in [3.05, 3.63) is 52.0 Å². The normalized spacial score (nSPS) is 15.0. The average molecular weight is 371 g/mol. The van der Waals surface area contributed by atoms with Crippen LogP contribution in [0.4, 0.5) is 17.2 Å². The second kappa shape index (κ2) is 8.77. The molecule has 0 bridgehead atoms. The number of ether oxygens (including phenoxy) is 1. The molecule has 0 aliphatic carbocycles. The van der Waals surface area contributed by atoms with E-state index in [0.717, 1.165) is 55.1 Å². The number of rotatable bonds is 7. The van der Waals surface area contributed by atoms with E-state index in [1.807, 2.05) is 0 Å². The van der Waals surface area contributed by atoms with Crippen LogP contribution >= 0.6 is 0 Å². The maximum Gasteiger partial charge on any atom is 0.269 e. The van der Waals surface area contributed by atoms with Crippen molar-refractivity contribution >= 4 is 17.2 Å². The first-order valence-electron chi connectivity index (χ1n) is 9.19. The molecule has 144 valence electrons. The zero-order chi connectivity index (χ0) is 19.2. The third-order valence-electron chi connectivity index (χ3n) is 4.85. The number of hydrogen-bond donors (Lipinski definition) is 1.